The molecule has 0 atom stereocenters. The van der Waals surface area contributed by atoms with Crippen LogP contribution in [0.1, 0.15) is 27.0 Å². The van der Waals surface area contributed by atoms with Crippen LogP contribution in [0.2, 0.25) is 0 Å². The molecule has 3 rings (SSSR count). The van der Waals surface area contributed by atoms with Crippen molar-refractivity contribution in [3.05, 3.63) is 97.7 Å². The van der Waals surface area contributed by atoms with E-state index in [2.05, 4.69) is 5.32 Å². The zero-order chi connectivity index (χ0) is 22.5. The van der Waals surface area contributed by atoms with Gasteiger partial charge in [0.25, 0.3) is 11.5 Å². The number of hydrogen-bond donors (Lipinski definition) is 3. The number of carbonyl (C=O) groups is 2. The van der Waals surface area contributed by atoms with E-state index in [1.807, 2.05) is 19.1 Å². The van der Waals surface area contributed by atoms with Gasteiger partial charge in [-0.2, -0.15) is 0 Å². The molecule has 0 aliphatic heterocycles. The summed E-state index contributed by atoms with van der Waals surface area (Å²) in [7, 11) is 0. The van der Waals surface area contributed by atoms with Gasteiger partial charge in [0.15, 0.2) is 5.56 Å². The van der Waals surface area contributed by atoms with E-state index in [9.17, 15) is 24.3 Å². The fourth-order valence-corrected chi connectivity index (χ4v) is 3.06. The maximum absolute atomic E-state index is 13.1. The summed E-state index contributed by atoms with van der Waals surface area (Å²) in [6.07, 6.45) is 0. The second kappa shape index (κ2) is 9.12. The van der Waals surface area contributed by atoms with Gasteiger partial charge in [-0.3, -0.25) is 23.5 Å². The lowest BCUT2D eigenvalue weighted by Crippen LogP contribution is -2.45. The minimum Gasteiger partial charge on any atom is -0.494 e. The summed E-state index contributed by atoms with van der Waals surface area (Å²) < 4.78 is 1.77. The molecule has 1 amide bonds. The SMILES string of the molecule is Cc1ccc(Cn2c(=O)c(C(=O)NCC(=O)O)c(O)n(Cc3ccccc3)c2=O)cc1. The number of aliphatic carboxylic acids is 1. The Labute approximate surface area is 176 Å². The molecule has 0 radical (unpaired) electrons. The Morgan fingerprint density at radius 3 is 2.10 bits per heavy atom. The van der Waals surface area contributed by atoms with Crippen LogP contribution in [0.5, 0.6) is 5.88 Å². The Kier molecular flexibility index (Phi) is 6.35. The fourth-order valence-electron chi connectivity index (χ4n) is 3.06. The molecule has 1 heterocycles. The number of hydrogen-bond acceptors (Lipinski definition) is 5. The van der Waals surface area contributed by atoms with E-state index in [4.69, 9.17) is 5.11 Å². The van der Waals surface area contributed by atoms with Crippen LogP contribution in [0.25, 0.3) is 0 Å². The van der Waals surface area contributed by atoms with Crippen LogP contribution in [-0.4, -0.2) is 37.8 Å². The Morgan fingerprint density at radius 1 is 0.903 bits per heavy atom. The van der Waals surface area contributed by atoms with Crippen molar-refractivity contribution in [2.45, 2.75) is 20.0 Å². The van der Waals surface area contributed by atoms with E-state index in [-0.39, 0.29) is 13.1 Å². The first-order valence-corrected chi connectivity index (χ1v) is 9.44. The van der Waals surface area contributed by atoms with E-state index in [1.165, 1.54) is 0 Å². The van der Waals surface area contributed by atoms with Crippen LogP contribution in [0.4, 0.5) is 0 Å². The van der Waals surface area contributed by atoms with Crippen LogP contribution in [-0.2, 0) is 17.9 Å². The number of amides is 1. The maximum atomic E-state index is 13.1. The lowest BCUT2D eigenvalue weighted by molar-refractivity contribution is -0.135. The molecule has 3 N–H and O–H groups in total. The average Bonchev–Trinajstić information content (AvgIpc) is 2.75. The minimum atomic E-state index is -1.31. The van der Waals surface area contributed by atoms with E-state index in [1.54, 1.807) is 42.5 Å². The highest BCUT2D eigenvalue weighted by Gasteiger charge is 2.25. The quantitative estimate of drug-likeness (QED) is 0.518. The highest BCUT2D eigenvalue weighted by Crippen LogP contribution is 2.14. The van der Waals surface area contributed by atoms with Gasteiger partial charge in [0, 0.05) is 0 Å². The molecule has 9 nitrogen and oxygen atoms in total. The number of nitrogens with one attached hydrogen (secondary N) is 1. The zero-order valence-electron chi connectivity index (χ0n) is 16.7. The van der Waals surface area contributed by atoms with Crippen molar-refractivity contribution in [2.75, 3.05) is 6.54 Å². The highest BCUT2D eigenvalue weighted by atomic mass is 16.4. The van der Waals surface area contributed by atoms with Crippen molar-refractivity contribution in [3.63, 3.8) is 0 Å². The summed E-state index contributed by atoms with van der Waals surface area (Å²) >= 11 is 0. The van der Waals surface area contributed by atoms with Crippen LogP contribution in [0.3, 0.4) is 0 Å². The summed E-state index contributed by atoms with van der Waals surface area (Å²) in [4.78, 5) is 49.3. The Balaban J connectivity index is 2.15. The second-order valence-electron chi connectivity index (χ2n) is 7.01. The number of benzene rings is 2. The fraction of sp³-hybridized carbons (Fsp3) is 0.182. The van der Waals surface area contributed by atoms with Crippen LogP contribution in [0, 0.1) is 6.92 Å². The van der Waals surface area contributed by atoms with Crippen molar-refractivity contribution in [1.82, 2.24) is 14.5 Å². The van der Waals surface area contributed by atoms with Gasteiger partial charge in [-0.1, -0.05) is 60.2 Å². The van der Waals surface area contributed by atoms with E-state index >= 15 is 0 Å². The number of aryl methyl sites for hydroxylation is 1. The molecule has 1 aromatic heterocycles. The third kappa shape index (κ3) is 4.89. The largest absolute Gasteiger partial charge is 0.494 e. The van der Waals surface area contributed by atoms with Crippen LogP contribution < -0.4 is 16.6 Å². The molecule has 0 saturated heterocycles. The smallest absolute Gasteiger partial charge is 0.334 e. The van der Waals surface area contributed by atoms with Gasteiger partial charge in [0.1, 0.15) is 6.54 Å². The van der Waals surface area contributed by atoms with Crippen molar-refractivity contribution < 1.29 is 19.8 Å². The van der Waals surface area contributed by atoms with Gasteiger partial charge in [0.05, 0.1) is 13.1 Å². The van der Waals surface area contributed by atoms with Gasteiger partial charge >= 0.3 is 11.7 Å². The number of aromatic hydroxyl groups is 1. The first kappa shape index (κ1) is 21.6. The molecule has 31 heavy (non-hydrogen) atoms. The molecular weight excluding hydrogens is 402 g/mol. The summed E-state index contributed by atoms with van der Waals surface area (Å²) in [6, 6.07) is 15.9. The number of nitrogens with zero attached hydrogens (tertiary/aromatic N) is 2. The number of carboxylic acids is 1. The molecule has 160 valence electrons. The molecule has 0 aliphatic rings. The van der Waals surface area contributed by atoms with Crippen molar-refractivity contribution >= 4 is 11.9 Å². The lowest BCUT2D eigenvalue weighted by Gasteiger charge is -2.16. The molecule has 0 saturated carbocycles. The minimum absolute atomic E-state index is 0.0844. The summed E-state index contributed by atoms with van der Waals surface area (Å²) in [6.45, 7) is 0.951. The molecule has 0 bridgehead atoms. The number of aromatic nitrogens is 2. The first-order chi connectivity index (χ1) is 14.8. The van der Waals surface area contributed by atoms with Crippen molar-refractivity contribution in [1.29, 1.82) is 0 Å². The van der Waals surface area contributed by atoms with Gasteiger partial charge in [0.2, 0.25) is 5.88 Å². The molecule has 0 spiro atoms. The Morgan fingerprint density at radius 2 is 1.48 bits per heavy atom. The predicted octanol–water partition coefficient (Wildman–Crippen LogP) is 0.935. The van der Waals surface area contributed by atoms with Crippen molar-refractivity contribution in [3.8, 4) is 5.88 Å². The molecule has 0 fully saturated rings. The molecule has 3 aromatic rings. The topological polar surface area (TPSA) is 131 Å². The van der Waals surface area contributed by atoms with E-state index < -0.39 is 41.1 Å². The van der Waals surface area contributed by atoms with E-state index in [0.29, 0.717) is 11.1 Å². The normalized spacial score (nSPS) is 10.6. The number of rotatable bonds is 7. The number of carboxylic acid groups (broad SMARTS) is 1. The molecule has 0 unspecified atom stereocenters. The first-order valence-electron chi connectivity index (χ1n) is 9.44. The Hall–Kier alpha value is -4.14. The van der Waals surface area contributed by atoms with Crippen LogP contribution >= 0.6 is 0 Å². The standard InChI is InChI=1S/C22H21N3O6/c1-14-7-9-16(10-8-14)13-25-21(30)18(19(28)23-11-17(26)27)20(29)24(22(25)31)12-15-5-3-2-4-6-15/h2-10,29H,11-13H2,1H3,(H,23,28)(H,26,27). The van der Waals surface area contributed by atoms with Crippen LogP contribution in [0.15, 0.2) is 64.2 Å². The van der Waals surface area contributed by atoms with Gasteiger partial charge < -0.3 is 15.5 Å². The third-order valence-corrected chi connectivity index (χ3v) is 4.67. The third-order valence-electron chi connectivity index (χ3n) is 4.67. The molecule has 9 heteroatoms. The lowest BCUT2D eigenvalue weighted by atomic mass is 10.1. The summed E-state index contributed by atoms with van der Waals surface area (Å²) in [5, 5.41) is 21.5. The maximum Gasteiger partial charge on any atom is 0.334 e. The monoisotopic (exact) mass is 423 g/mol. The second-order valence-corrected chi connectivity index (χ2v) is 7.01. The Bertz CT molecular complexity index is 1230. The summed E-state index contributed by atoms with van der Waals surface area (Å²) in [5.41, 5.74) is -0.172. The number of carbonyl (C=O) groups excluding carboxylic acids is 1. The van der Waals surface area contributed by atoms with Crippen molar-refractivity contribution in [2.24, 2.45) is 0 Å². The van der Waals surface area contributed by atoms with Gasteiger partial charge in [-0.15, -0.1) is 0 Å². The summed E-state index contributed by atoms with van der Waals surface area (Å²) in [5.74, 6) is -3.21. The molecule has 0 aliphatic carbocycles. The average molecular weight is 423 g/mol. The van der Waals surface area contributed by atoms with Gasteiger partial charge in [-0.25, -0.2) is 4.79 Å². The predicted molar refractivity (Wildman–Crippen MR) is 112 cm³/mol. The highest BCUT2D eigenvalue weighted by molar-refractivity contribution is 5.97. The van der Waals surface area contributed by atoms with Gasteiger partial charge in [-0.05, 0) is 18.1 Å². The zero-order valence-corrected chi connectivity index (χ0v) is 16.7. The molecule has 2 aromatic carbocycles. The van der Waals surface area contributed by atoms with E-state index in [0.717, 1.165) is 14.7 Å². The molecular formula is C22H21N3O6.